The second kappa shape index (κ2) is 8.81. The summed E-state index contributed by atoms with van der Waals surface area (Å²) in [5.41, 5.74) is 9.48. The van der Waals surface area contributed by atoms with E-state index in [1.54, 1.807) is 4.90 Å². The van der Waals surface area contributed by atoms with Gasteiger partial charge in [0.25, 0.3) is 0 Å². The van der Waals surface area contributed by atoms with Crippen molar-refractivity contribution < 1.29 is 9.90 Å². The van der Waals surface area contributed by atoms with Gasteiger partial charge < -0.3 is 15.7 Å². The fourth-order valence-electron chi connectivity index (χ4n) is 3.87. The summed E-state index contributed by atoms with van der Waals surface area (Å²) >= 11 is 0. The van der Waals surface area contributed by atoms with Gasteiger partial charge in [-0.3, -0.25) is 4.79 Å². The lowest BCUT2D eigenvalue weighted by Gasteiger charge is -2.25. The van der Waals surface area contributed by atoms with E-state index in [4.69, 9.17) is 5.73 Å². The van der Waals surface area contributed by atoms with Gasteiger partial charge in [-0.25, -0.2) is 0 Å². The van der Waals surface area contributed by atoms with Crippen LogP contribution in [0.5, 0.6) is 0 Å². The molecule has 4 nitrogen and oxygen atoms in total. The van der Waals surface area contributed by atoms with Crippen LogP contribution in [0.4, 0.5) is 5.69 Å². The molecular weight excluding hydrogens is 312 g/mol. The maximum atomic E-state index is 12.6. The second-order valence-corrected chi connectivity index (χ2v) is 7.62. The molecule has 1 saturated heterocycles. The fraction of sp³-hybridized carbons (Fsp3) is 0.667. The summed E-state index contributed by atoms with van der Waals surface area (Å²) in [7, 11) is 0. The summed E-state index contributed by atoms with van der Waals surface area (Å²) in [4.78, 5) is 14.3. The molecule has 25 heavy (non-hydrogen) atoms. The van der Waals surface area contributed by atoms with Crippen LogP contribution in [0, 0.1) is 13.8 Å². The minimum absolute atomic E-state index is 0.162. The van der Waals surface area contributed by atoms with Crippen molar-refractivity contribution in [2.75, 3.05) is 18.1 Å². The lowest BCUT2D eigenvalue weighted by atomic mass is 9.98. The van der Waals surface area contributed by atoms with E-state index >= 15 is 0 Å². The molecule has 3 N–H and O–H groups in total. The van der Waals surface area contributed by atoms with Gasteiger partial charge in [-0.2, -0.15) is 0 Å². The monoisotopic (exact) mass is 346 g/mol. The summed E-state index contributed by atoms with van der Waals surface area (Å²) in [5, 5.41) is 9.45. The van der Waals surface area contributed by atoms with Crippen molar-refractivity contribution in [1.82, 2.24) is 0 Å². The zero-order valence-electron chi connectivity index (χ0n) is 16.1. The van der Waals surface area contributed by atoms with Crippen molar-refractivity contribution in [3.8, 4) is 0 Å². The smallest absolute Gasteiger partial charge is 0.249 e. The number of carbonyl (C=O) groups is 1. The molecule has 1 aliphatic rings. The quantitative estimate of drug-likeness (QED) is 0.671. The first-order valence-corrected chi connectivity index (χ1v) is 9.74. The van der Waals surface area contributed by atoms with Gasteiger partial charge in [0.1, 0.15) is 5.54 Å². The van der Waals surface area contributed by atoms with Crippen LogP contribution >= 0.6 is 0 Å². The molecule has 0 spiro atoms. The van der Waals surface area contributed by atoms with Crippen molar-refractivity contribution in [2.24, 2.45) is 5.73 Å². The number of aryl methyl sites for hydroxylation is 3. The molecular formula is C21H34N2O2. The lowest BCUT2D eigenvalue weighted by Crippen LogP contribution is -2.51. The molecule has 0 aromatic heterocycles. The summed E-state index contributed by atoms with van der Waals surface area (Å²) in [6.45, 7) is 6.66. The van der Waals surface area contributed by atoms with Gasteiger partial charge >= 0.3 is 0 Å². The molecule has 1 amide bonds. The zero-order valence-corrected chi connectivity index (χ0v) is 16.1. The van der Waals surface area contributed by atoms with E-state index in [0.717, 1.165) is 23.2 Å². The van der Waals surface area contributed by atoms with E-state index in [9.17, 15) is 9.90 Å². The third-order valence-corrected chi connectivity index (χ3v) is 5.37. The van der Waals surface area contributed by atoms with Crippen molar-refractivity contribution in [3.05, 3.63) is 28.8 Å². The van der Waals surface area contributed by atoms with E-state index in [2.05, 4.69) is 32.9 Å². The number of nitrogens with zero attached hydrogens (tertiary/aromatic N) is 1. The SMILES string of the molecule is CCCCCCCCc1cc(C)c(N2CCC(N)(CO)C2=O)c(C)c1. The number of unbranched alkanes of at least 4 members (excludes halogenated alkanes) is 5. The predicted octanol–water partition coefficient (Wildman–Crippen LogP) is 3.63. The molecule has 1 heterocycles. The standard InChI is InChI=1S/C21H34N2O2/c1-4-5-6-7-8-9-10-18-13-16(2)19(17(3)14-18)23-12-11-21(22,15-24)20(23)25/h13-14,24H,4-12,15,22H2,1-3H3. The zero-order chi connectivity index (χ0) is 18.4. The van der Waals surface area contributed by atoms with Crippen LogP contribution in [0.25, 0.3) is 0 Å². The Morgan fingerprint density at radius 3 is 2.28 bits per heavy atom. The molecule has 0 saturated carbocycles. The van der Waals surface area contributed by atoms with Crippen LogP contribution in [0.1, 0.15) is 68.6 Å². The van der Waals surface area contributed by atoms with Gasteiger partial charge in [0.15, 0.2) is 0 Å². The first-order chi connectivity index (χ1) is 11.9. The van der Waals surface area contributed by atoms with Crippen LogP contribution in [0.2, 0.25) is 0 Å². The third kappa shape index (κ3) is 4.62. The molecule has 0 aliphatic carbocycles. The topological polar surface area (TPSA) is 66.6 Å². The molecule has 0 bridgehead atoms. The van der Waals surface area contributed by atoms with Crippen LogP contribution in [-0.4, -0.2) is 29.7 Å². The van der Waals surface area contributed by atoms with Crippen LogP contribution in [0.15, 0.2) is 12.1 Å². The maximum Gasteiger partial charge on any atom is 0.249 e. The Labute approximate surface area is 152 Å². The van der Waals surface area contributed by atoms with Crippen LogP contribution < -0.4 is 10.6 Å². The molecule has 1 aliphatic heterocycles. The lowest BCUT2D eigenvalue weighted by molar-refractivity contribution is -0.122. The Balaban J connectivity index is 2.02. The number of benzene rings is 1. The highest BCUT2D eigenvalue weighted by atomic mass is 16.3. The number of aliphatic hydroxyl groups excluding tert-OH is 1. The van der Waals surface area contributed by atoms with E-state index in [-0.39, 0.29) is 12.5 Å². The molecule has 140 valence electrons. The minimum Gasteiger partial charge on any atom is -0.394 e. The molecule has 1 aromatic carbocycles. The predicted molar refractivity (Wildman–Crippen MR) is 104 cm³/mol. The Morgan fingerprint density at radius 2 is 1.72 bits per heavy atom. The van der Waals surface area contributed by atoms with Crippen molar-refractivity contribution in [3.63, 3.8) is 0 Å². The number of aliphatic hydroxyl groups is 1. The van der Waals surface area contributed by atoms with Gasteiger partial charge in [-0.15, -0.1) is 0 Å². The highest BCUT2D eigenvalue weighted by Gasteiger charge is 2.44. The number of carbonyl (C=O) groups excluding carboxylic acids is 1. The average Bonchev–Trinajstić information content (AvgIpc) is 2.87. The largest absolute Gasteiger partial charge is 0.394 e. The fourth-order valence-corrected chi connectivity index (χ4v) is 3.87. The summed E-state index contributed by atoms with van der Waals surface area (Å²) in [6.07, 6.45) is 9.41. The molecule has 0 radical (unpaired) electrons. The summed E-state index contributed by atoms with van der Waals surface area (Å²) in [5.74, 6) is -0.162. The summed E-state index contributed by atoms with van der Waals surface area (Å²) < 4.78 is 0. The Bertz CT molecular complexity index is 577. The first kappa shape index (κ1) is 19.9. The second-order valence-electron chi connectivity index (χ2n) is 7.62. The number of anilines is 1. The highest BCUT2D eigenvalue weighted by molar-refractivity contribution is 6.03. The van der Waals surface area contributed by atoms with Crippen molar-refractivity contribution in [1.29, 1.82) is 0 Å². The normalized spacial score (nSPS) is 20.5. The van der Waals surface area contributed by atoms with Gasteiger partial charge in [-0.05, 0) is 49.8 Å². The van der Waals surface area contributed by atoms with Crippen LogP contribution in [0.3, 0.4) is 0 Å². The Kier molecular flexibility index (Phi) is 7.03. The first-order valence-electron chi connectivity index (χ1n) is 9.74. The van der Waals surface area contributed by atoms with Gasteiger partial charge in [-0.1, -0.05) is 51.2 Å². The Hall–Kier alpha value is -1.39. The Morgan fingerprint density at radius 1 is 1.12 bits per heavy atom. The molecule has 1 fully saturated rings. The van der Waals surface area contributed by atoms with E-state index < -0.39 is 5.54 Å². The van der Waals surface area contributed by atoms with Crippen molar-refractivity contribution >= 4 is 11.6 Å². The van der Waals surface area contributed by atoms with E-state index in [0.29, 0.717) is 13.0 Å². The van der Waals surface area contributed by atoms with E-state index in [1.165, 1.54) is 44.1 Å². The van der Waals surface area contributed by atoms with Crippen LogP contribution in [-0.2, 0) is 11.2 Å². The summed E-state index contributed by atoms with van der Waals surface area (Å²) in [6, 6.07) is 4.41. The van der Waals surface area contributed by atoms with Gasteiger partial charge in [0.2, 0.25) is 5.91 Å². The van der Waals surface area contributed by atoms with Gasteiger partial charge in [0.05, 0.1) is 6.61 Å². The highest BCUT2D eigenvalue weighted by Crippen LogP contribution is 2.33. The van der Waals surface area contributed by atoms with Crippen molar-refractivity contribution in [2.45, 2.75) is 77.7 Å². The average molecular weight is 347 g/mol. The number of nitrogens with two attached hydrogens (primary N) is 1. The molecule has 1 atom stereocenters. The number of hydrogen-bond donors (Lipinski definition) is 2. The molecule has 1 aromatic rings. The number of rotatable bonds is 9. The molecule has 2 rings (SSSR count). The molecule has 4 heteroatoms. The minimum atomic E-state index is -1.12. The van der Waals surface area contributed by atoms with E-state index in [1.807, 2.05) is 0 Å². The third-order valence-electron chi connectivity index (χ3n) is 5.37. The maximum absolute atomic E-state index is 12.6. The number of amides is 1. The number of hydrogen-bond acceptors (Lipinski definition) is 3. The molecule has 1 unspecified atom stereocenters. The van der Waals surface area contributed by atoms with Gasteiger partial charge in [0, 0.05) is 12.2 Å².